The lowest BCUT2D eigenvalue weighted by Crippen LogP contribution is -2.35. The molecule has 0 spiro atoms. The van der Waals surface area contributed by atoms with Gasteiger partial charge in [-0.25, -0.2) is 0 Å². The van der Waals surface area contributed by atoms with Crippen LogP contribution in [0.4, 0.5) is 0 Å². The molecule has 0 bridgehead atoms. The molecule has 0 aliphatic heterocycles. The molecule has 25 heavy (non-hydrogen) atoms. The van der Waals surface area contributed by atoms with Crippen molar-refractivity contribution < 1.29 is 4.74 Å². The van der Waals surface area contributed by atoms with Crippen LogP contribution in [0.15, 0.2) is 59.6 Å². The predicted octanol–water partition coefficient (Wildman–Crippen LogP) is 3.91. The summed E-state index contributed by atoms with van der Waals surface area (Å²) in [6.45, 7) is 1.35. The maximum absolute atomic E-state index is 5.88. The fourth-order valence-electron chi connectivity index (χ4n) is 2.50. The number of benzene rings is 2. The van der Waals surface area contributed by atoms with Crippen LogP contribution in [-0.4, -0.2) is 50.5 Å². The smallest absolute Gasteiger partial charge is 0.195 e. The predicted molar refractivity (Wildman–Crippen MR) is 116 cm³/mol. The molecule has 0 saturated heterocycles. The van der Waals surface area contributed by atoms with E-state index in [0.29, 0.717) is 6.61 Å². The summed E-state index contributed by atoms with van der Waals surface area (Å²) in [4.78, 5) is 8.72. The van der Waals surface area contributed by atoms with Gasteiger partial charge in [0.15, 0.2) is 5.96 Å². The second-order valence-corrected chi connectivity index (χ2v) is 6.14. The molecule has 2 aromatic carbocycles. The number of ether oxygens (including phenoxy) is 1. The second-order valence-electron chi connectivity index (χ2n) is 6.14. The third-order valence-corrected chi connectivity index (χ3v) is 3.60. The van der Waals surface area contributed by atoms with Crippen LogP contribution in [0.5, 0.6) is 5.75 Å². The van der Waals surface area contributed by atoms with Crippen molar-refractivity contribution in [2.75, 3.05) is 34.7 Å². The molecule has 0 fully saturated rings. The molecule has 0 radical (unpaired) electrons. The summed E-state index contributed by atoms with van der Waals surface area (Å²) in [5, 5.41) is 0. The van der Waals surface area contributed by atoms with E-state index in [9.17, 15) is 0 Å². The van der Waals surface area contributed by atoms with E-state index in [1.165, 1.54) is 11.1 Å². The Hall–Kier alpha value is -1.76. The molecule has 0 atom stereocenters. The third-order valence-electron chi connectivity index (χ3n) is 3.60. The number of nitrogens with zero attached hydrogens (tertiary/aromatic N) is 3. The summed E-state index contributed by atoms with van der Waals surface area (Å²) in [6, 6.07) is 18.5. The van der Waals surface area contributed by atoms with Crippen molar-refractivity contribution in [3.05, 3.63) is 65.7 Å². The highest BCUT2D eigenvalue weighted by atomic mass is 127. The summed E-state index contributed by atoms with van der Waals surface area (Å²) < 4.78 is 5.88. The van der Waals surface area contributed by atoms with Gasteiger partial charge in [-0.15, -0.1) is 24.0 Å². The fourth-order valence-corrected chi connectivity index (χ4v) is 2.50. The zero-order valence-electron chi connectivity index (χ0n) is 15.5. The van der Waals surface area contributed by atoms with Crippen LogP contribution in [0.1, 0.15) is 11.1 Å². The molecule has 5 heteroatoms. The van der Waals surface area contributed by atoms with Crippen molar-refractivity contribution in [1.82, 2.24) is 9.80 Å². The van der Waals surface area contributed by atoms with Crippen molar-refractivity contribution in [3.63, 3.8) is 0 Å². The largest absolute Gasteiger partial charge is 0.489 e. The molecular formula is C20H28IN3O. The Morgan fingerprint density at radius 3 is 2.16 bits per heavy atom. The molecule has 2 rings (SSSR count). The van der Waals surface area contributed by atoms with E-state index in [4.69, 9.17) is 4.74 Å². The minimum absolute atomic E-state index is 0. The van der Waals surface area contributed by atoms with Crippen molar-refractivity contribution >= 4 is 29.9 Å². The first-order valence-electron chi connectivity index (χ1n) is 8.21. The van der Waals surface area contributed by atoms with Gasteiger partial charge in [-0.05, 0) is 29.7 Å². The summed E-state index contributed by atoms with van der Waals surface area (Å²) in [7, 11) is 8.04. The van der Waals surface area contributed by atoms with E-state index < -0.39 is 0 Å². The monoisotopic (exact) mass is 453 g/mol. The van der Waals surface area contributed by atoms with Crippen molar-refractivity contribution in [3.8, 4) is 5.75 Å². The fraction of sp³-hybridized carbons (Fsp3) is 0.350. The van der Waals surface area contributed by atoms with Crippen molar-refractivity contribution in [2.45, 2.75) is 13.0 Å². The normalized spacial score (nSPS) is 9.76. The maximum Gasteiger partial charge on any atom is 0.195 e. The molecule has 4 nitrogen and oxygen atoms in total. The number of rotatable bonds is 6. The SMILES string of the molecule is CN(C)C(=NCCc1cccc(OCc2ccccc2)c1)N(C)C.I. The minimum Gasteiger partial charge on any atom is -0.489 e. The van der Waals surface area contributed by atoms with Gasteiger partial charge in [0.05, 0.1) is 0 Å². The van der Waals surface area contributed by atoms with Crippen LogP contribution in [0.3, 0.4) is 0 Å². The van der Waals surface area contributed by atoms with Gasteiger partial charge in [0, 0.05) is 34.7 Å². The molecule has 0 amide bonds. The van der Waals surface area contributed by atoms with Gasteiger partial charge in [-0.1, -0.05) is 42.5 Å². The quantitative estimate of drug-likeness (QED) is 0.377. The van der Waals surface area contributed by atoms with E-state index in [0.717, 1.165) is 24.7 Å². The highest BCUT2D eigenvalue weighted by Gasteiger charge is 2.04. The van der Waals surface area contributed by atoms with Crippen molar-refractivity contribution in [1.29, 1.82) is 0 Å². The Kier molecular flexibility index (Phi) is 9.34. The van der Waals surface area contributed by atoms with Gasteiger partial charge in [0.2, 0.25) is 0 Å². The zero-order chi connectivity index (χ0) is 17.4. The van der Waals surface area contributed by atoms with Crippen molar-refractivity contribution in [2.24, 2.45) is 4.99 Å². The van der Waals surface area contributed by atoms with Gasteiger partial charge >= 0.3 is 0 Å². The second kappa shape index (κ2) is 11.0. The Balaban J connectivity index is 0.00000312. The Bertz CT molecular complexity index is 647. The Morgan fingerprint density at radius 2 is 1.52 bits per heavy atom. The number of hydrogen-bond acceptors (Lipinski definition) is 2. The van der Waals surface area contributed by atoms with Gasteiger partial charge in [-0.3, -0.25) is 4.99 Å². The molecular weight excluding hydrogens is 425 g/mol. The molecule has 0 heterocycles. The molecule has 0 aliphatic rings. The van der Waals surface area contributed by atoms with Crippen LogP contribution in [0.25, 0.3) is 0 Å². The van der Waals surface area contributed by atoms with E-state index in [2.05, 4.69) is 29.3 Å². The Morgan fingerprint density at radius 1 is 0.880 bits per heavy atom. The molecule has 0 aromatic heterocycles. The number of halogens is 1. The van der Waals surface area contributed by atoms with Crippen LogP contribution >= 0.6 is 24.0 Å². The summed E-state index contributed by atoms with van der Waals surface area (Å²) in [5.74, 6) is 1.88. The van der Waals surface area contributed by atoms with Gasteiger partial charge in [0.25, 0.3) is 0 Å². The average molecular weight is 453 g/mol. The first-order chi connectivity index (χ1) is 11.6. The number of hydrogen-bond donors (Lipinski definition) is 0. The highest BCUT2D eigenvalue weighted by Crippen LogP contribution is 2.15. The molecule has 2 aromatic rings. The number of aliphatic imine (C=N–C) groups is 1. The topological polar surface area (TPSA) is 28.1 Å². The van der Waals surface area contributed by atoms with Crippen LogP contribution < -0.4 is 4.74 Å². The Labute approximate surface area is 168 Å². The standard InChI is InChI=1S/C20H27N3O.HI/c1-22(2)20(23(3)4)21-14-13-17-11-8-12-19(15-17)24-16-18-9-6-5-7-10-18;/h5-12,15H,13-14,16H2,1-4H3;1H. The first-order valence-corrected chi connectivity index (χ1v) is 8.21. The van der Waals surface area contributed by atoms with Gasteiger partial charge < -0.3 is 14.5 Å². The van der Waals surface area contributed by atoms with Gasteiger partial charge in [0.1, 0.15) is 12.4 Å². The lowest BCUT2D eigenvalue weighted by Gasteiger charge is -2.22. The van der Waals surface area contributed by atoms with Crippen LogP contribution in [-0.2, 0) is 13.0 Å². The lowest BCUT2D eigenvalue weighted by atomic mass is 10.1. The van der Waals surface area contributed by atoms with Crippen LogP contribution in [0.2, 0.25) is 0 Å². The molecule has 0 N–H and O–H groups in total. The lowest BCUT2D eigenvalue weighted by molar-refractivity contribution is 0.306. The van der Waals surface area contributed by atoms with E-state index in [1.807, 2.05) is 68.3 Å². The van der Waals surface area contributed by atoms with Gasteiger partial charge in [-0.2, -0.15) is 0 Å². The average Bonchev–Trinajstić information content (AvgIpc) is 2.57. The number of guanidine groups is 1. The summed E-state index contributed by atoms with van der Waals surface area (Å²) in [6.07, 6.45) is 0.897. The molecule has 0 saturated carbocycles. The van der Waals surface area contributed by atoms with Crippen LogP contribution in [0, 0.1) is 0 Å². The third kappa shape index (κ3) is 7.34. The highest BCUT2D eigenvalue weighted by molar-refractivity contribution is 14.0. The van der Waals surface area contributed by atoms with E-state index >= 15 is 0 Å². The zero-order valence-corrected chi connectivity index (χ0v) is 17.8. The molecule has 136 valence electrons. The first kappa shape index (κ1) is 21.3. The molecule has 0 aliphatic carbocycles. The molecule has 0 unspecified atom stereocenters. The summed E-state index contributed by atoms with van der Waals surface area (Å²) >= 11 is 0. The maximum atomic E-state index is 5.88. The van der Waals surface area contributed by atoms with E-state index in [-0.39, 0.29) is 24.0 Å². The minimum atomic E-state index is 0. The summed E-state index contributed by atoms with van der Waals surface area (Å²) in [5.41, 5.74) is 2.41. The van der Waals surface area contributed by atoms with E-state index in [1.54, 1.807) is 0 Å².